The maximum atomic E-state index is 5.47. The fourth-order valence-electron chi connectivity index (χ4n) is 3.51. The van der Waals surface area contributed by atoms with Gasteiger partial charge in [0.1, 0.15) is 0 Å². The average Bonchev–Trinajstić information content (AvgIpc) is 2.63. The molecular weight excluding hydrogens is 306 g/mol. The Morgan fingerprint density at radius 3 is 2.00 bits per heavy atom. The van der Waals surface area contributed by atoms with Crippen LogP contribution >= 0.6 is 0 Å². The maximum Gasteiger partial charge on any atom is 0.0679 e. The smallest absolute Gasteiger partial charge is 0.0679 e. The number of hydrogen-bond acceptors (Lipinski definition) is 2. The highest BCUT2D eigenvalue weighted by atomic mass is 16.6. The first-order valence-corrected chi connectivity index (χ1v) is 11.1. The Morgan fingerprint density at radius 2 is 1.48 bits per heavy atom. The zero-order valence-corrected chi connectivity index (χ0v) is 18.2. The monoisotopic (exact) mass is 353 g/mol. The molecule has 0 bridgehead atoms. The fraction of sp³-hybridized carbons (Fsp3) is 0.913. The molecule has 0 saturated carbocycles. The summed E-state index contributed by atoms with van der Waals surface area (Å²) in [5.41, 5.74) is 3.19. The summed E-state index contributed by atoms with van der Waals surface area (Å²) in [7, 11) is 0. The largest absolute Gasteiger partial charge is 0.302 e. The summed E-state index contributed by atoms with van der Waals surface area (Å²) in [5.74, 6) is 2.55. The lowest BCUT2D eigenvalue weighted by Gasteiger charge is -2.24. The Bertz CT molecular complexity index is 302. The van der Waals surface area contributed by atoms with Crippen molar-refractivity contribution in [1.82, 2.24) is 5.48 Å². The first-order valence-electron chi connectivity index (χ1n) is 11.1. The van der Waals surface area contributed by atoms with E-state index in [1.54, 1.807) is 0 Å². The molecular formula is C23H47NO. The van der Waals surface area contributed by atoms with Gasteiger partial charge in [0, 0.05) is 6.04 Å². The molecule has 0 aromatic rings. The standard InChI is InChI=1S/C23H47NO/c1-7-12-13-21(9-3)16-17-23(11-5)19-22(10-4)15-14-20(6)24-25-18-8-2/h12-13,20-24H,7-11,14-19H2,1-6H3/b13-12+. The van der Waals surface area contributed by atoms with Gasteiger partial charge >= 0.3 is 0 Å². The van der Waals surface area contributed by atoms with Gasteiger partial charge in [-0.2, -0.15) is 5.48 Å². The predicted molar refractivity (Wildman–Crippen MR) is 113 cm³/mol. The number of hydrogen-bond donors (Lipinski definition) is 1. The third-order valence-electron chi connectivity index (χ3n) is 5.53. The average molecular weight is 354 g/mol. The molecule has 0 aliphatic rings. The molecule has 0 radical (unpaired) electrons. The molecule has 4 atom stereocenters. The van der Waals surface area contributed by atoms with Crippen molar-refractivity contribution in [3.8, 4) is 0 Å². The topological polar surface area (TPSA) is 21.3 Å². The van der Waals surface area contributed by atoms with Crippen LogP contribution < -0.4 is 5.48 Å². The molecule has 4 unspecified atom stereocenters. The summed E-state index contributed by atoms with van der Waals surface area (Å²) in [6, 6.07) is 0.462. The molecule has 0 heterocycles. The summed E-state index contributed by atoms with van der Waals surface area (Å²) in [6.45, 7) is 14.5. The second kappa shape index (κ2) is 17.1. The zero-order chi connectivity index (χ0) is 18.9. The van der Waals surface area contributed by atoms with Crippen molar-refractivity contribution in [3.05, 3.63) is 12.2 Å². The van der Waals surface area contributed by atoms with E-state index in [2.05, 4.69) is 59.2 Å². The van der Waals surface area contributed by atoms with Crippen LogP contribution in [0.3, 0.4) is 0 Å². The Labute approximate surface area is 159 Å². The van der Waals surface area contributed by atoms with Gasteiger partial charge in [0.05, 0.1) is 6.61 Å². The first-order chi connectivity index (χ1) is 12.1. The van der Waals surface area contributed by atoms with Crippen LogP contribution in [0, 0.1) is 17.8 Å². The van der Waals surface area contributed by atoms with Crippen LogP contribution in [0.1, 0.15) is 106 Å². The van der Waals surface area contributed by atoms with Gasteiger partial charge in [-0.15, -0.1) is 0 Å². The molecule has 150 valence electrons. The van der Waals surface area contributed by atoms with Crippen molar-refractivity contribution in [2.24, 2.45) is 17.8 Å². The van der Waals surface area contributed by atoms with E-state index in [0.29, 0.717) is 6.04 Å². The van der Waals surface area contributed by atoms with Gasteiger partial charge in [0.25, 0.3) is 0 Å². The molecule has 0 saturated heterocycles. The van der Waals surface area contributed by atoms with Gasteiger partial charge in [-0.1, -0.05) is 59.6 Å². The van der Waals surface area contributed by atoms with Gasteiger partial charge in [0.2, 0.25) is 0 Å². The van der Waals surface area contributed by atoms with E-state index in [4.69, 9.17) is 4.84 Å². The lowest BCUT2D eigenvalue weighted by atomic mass is 9.83. The molecule has 0 spiro atoms. The minimum absolute atomic E-state index is 0.462. The molecule has 0 amide bonds. The molecule has 1 N–H and O–H groups in total. The Morgan fingerprint density at radius 1 is 0.840 bits per heavy atom. The van der Waals surface area contributed by atoms with E-state index in [0.717, 1.165) is 30.8 Å². The summed E-state index contributed by atoms with van der Waals surface area (Å²) in [5, 5.41) is 0. The SMILES string of the molecule is CC/C=C/C(CC)CCC(CC)CC(CC)CCC(C)NOCCC. The van der Waals surface area contributed by atoms with E-state index < -0.39 is 0 Å². The highest BCUT2D eigenvalue weighted by Gasteiger charge is 2.16. The minimum Gasteiger partial charge on any atom is -0.302 e. The highest BCUT2D eigenvalue weighted by Crippen LogP contribution is 2.28. The molecule has 0 rings (SSSR count). The van der Waals surface area contributed by atoms with Crippen LogP contribution in [0.5, 0.6) is 0 Å². The third kappa shape index (κ3) is 13.5. The van der Waals surface area contributed by atoms with E-state index in [-0.39, 0.29) is 0 Å². The molecule has 2 heteroatoms. The molecule has 0 fully saturated rings. The molecule has 0 aliphatic carbocycles. The summed E-state index contributed by atoms with van der Waals surface area (Å²) in [4.78, 5) is 5.47. The summed E-state index contributed by atoms with van der Waals surface area (Å²) >= 11 is 0. The fourth-order valence-corrected chi connectivity index (χ4v) is 3.51. The van der Waals surface area contributed by atoms with Crippen LogP contribution in [0.15, 0.2) is 12.2 Å². The molecule has 25 heavy (non-hydrogen) atoms. The lowest BCUT2D eigenvalue weighted by molar-refractivity contribution is 0.0170. The third-order valence-corrected chi connectivity index (χ3v) is 5.53. The van der Waals surface area contributed by atoms with Crippen LogP contribution in [0.25, 0.3) is 0 Å². The Balaban J connectivity index is 4.19. The Hall–Kier alpha value is -0.340. The van der Waals surface area contributed by atoms with E-state index in [1.807, 2.05) is 0 Å². The van der Waals surface area contributed by atoms with Crippen LogP contribution in [0.2, 0.25) is 0 Å². The van der Waals surface area contributed by atoms with Crippen LogP contribution in [-0.4, -0.2) is 12.6 Å². The van der Waals surface area contributed by atoms with Crippen molar-refractivity contribution in [3.63, 3.8) is 0 Å². The predicted octanol–water partition coefficient (Wildman–Crippen LogP) is 7.30. The number of nitrogens with one attached hydrogen (secondary N) is 1. The molecule has 0 aromatic carbocycles. The number of hydroxylamine groups is 1. The maximum absolute atomic E-state index is 5.47. The molecule has 2 nitrogen and oxygen atoms in total. The zero-order valence-electron chi connectivity index (χ0n) is 18.2. The van der Waals surface area contributed by atoms with Gasteiger partial charge < -0.3 is 4.84 Å². The van der Waals surface area contributed by atoms with Crippen molar-refractivity contribution in [2.45, 2.75) is 112 Å². The van der Waals surface area contributed by atoms with Crippen molar-refractivity contribution in [2.75, 3.05) is 6.61 Å². The van der Waals surface area contributed by atoms with E-state index >= 15 is 0 Å². The second-order valence-corrected chi connectivity index (χ2v) is 7.81. The van der Waals surface area contributed by atoms with Gasteiger partial charge in [0.15, 0.2) is 0 Å². The van der Waals surface area contributed by atoms with Gasteiger partial charge in [-0.25, -0.2) is 0 Å². The second-order valence-electron chi connectivity index (χ2n) is 7.81. The van der Waals surface area contributed by atoms with Crippen molar-refractivity contribution < 1.29 is 4.84 Å². The molecule has 0 aliphatic heterocycles. The quantitative estimate of drug-likeness (QED) is 0.168. The lowest BCUT2D eigenvalue weighted by Crippen LogP contribution is -2.27. The van der Waals surface area contributed by atoms with Crippen molar-refractivity contribution >= 4 is 0 Å². The number of rotatable bonds is 17. The Kier molecular flexibility index (Phi) is 16.9. The highest BCUT2D eigenvalue weighted by molar-refractivity contribution is 4.87. The molecule has 0 aromatic heterocycles. The van der Waals surface area contributed by atoms with Crippen LogP contribution in [-0.2, 0) is 4.84 Å². The summed E-state index contributed by atoms with van der Waals surface area (Å²) < 4.78 is 0. The van der Waals surface area contributed by atoms with Crippen LogP contribution in [0.4, 0.5) is 0 Å². The minimum atomic E-state index is 0.462. The van der Waals surface area contributed by atoms with E-state index in [9.17, 15) is 0 Å². The number of allylic oxidation sites excluding steroid dienone is 2. The van der Waals surface area contributed by atoms with Gasteiger partial charge in [-0.05, 0) is 76.0 Å². The van der Waals surface area contributed by atoms with E-state index in [1.165, 1.54) is 57.8 Å². The summed E-state index contributed by atoms with van der Waals surface area (Å²) in [6.07, 6.45) is 17.7. The van der Waals surface area contributed by atoms with Crippen molar-refractivity contribution in [1.29, 1.82) is 0 Å². The first kappa shape index (κ1) is 24.7. The normalized spacial score (nSPS) is 16.9. The van der Waals surface area contributed by atoms with Gasteiger partial charge in [-0.3, -0.25) is 0 Å².